The van der Waals surface area contributed by atoms with Crippen LogP contribution in [0.4, 0.5) is 18.9 Å². The maximum Gasteiger partial charge on any atom is 0.418 e. The van der Waals surface area contributed by atoms with Crippen LogP contribution in [0.25, 0.3) is 0 Å². The predicted molar refractivity (Wildman–Crippen MR) is 79.8 cm³/mol. The SMILES string of the molecule is CC(C)CNC(=O)C1CC(=O)N(c2ccccc2C(F)(F)F)C1. The van der Waals surface area contributed by atoms with Crippen molar-refractivity contribution in [3.8, 4) is 0 Å². The number of nitrogens with one attached hydrogen (secondary N) is 1. The van der Waals surface area contributed by atoms with Crippen molar-refractivity contribution >= 4 is 17.5 Å². The molecule has 1 saturated heterocycles. The molecule has 23 heavy (non-hydrogen) atoms. The topological polar surface area (TPSA) is 49.4 Å². The molecule has 0 bridgehead atoms. The zero-order valence-electron chi connectivity index (χ0n) is 13.0. The number of alkyl halides is 3. The van der Waals surface area contributed by atoms with Gasteiger partial charge in [0.25, 0.3) is 0 Å². The number of para-hydroxylation sites is 1. The van der Waals surface area contributed by atoms with Gasteiger partial charge in [0, 0.05) is 19.5 Å². The lowest BCUT2D eigenvalue weighted by atomic mass is 10.1. The number of hydrogen-bond donors (Lipinski definition) is 1. The number of anilines is 1. The van der Waals surface area contributed by atoms with Crippen LogP contribution in [0.1, 0.15) is 25.8 Å². The van der Waals surface area contributed by atoms with Crippen molar-refractivity contribution in [2.45, 2.75) is 26.4 Å². The number of rotatable bonds is 4. The highest BCUT2D eigenvalue weighted by Gasteiger charge is 2.40. The van der Waals surface area contributed by atoms with Crippen LogP contribution < -0.4 is 10.2 Å². The molecule has 1 aromatic rings. The Morgan fingerprint density at radius 3 is 2.61 bits per heavy atom. The fourth-order valence-electron chi connectivity index (χ4n) is 2.51. The average molecular weight is 328 g/mol. The fourth-order valence-corrected chi connectivity index (χ4v) is 2.51. The second kappa shape index (κ2) is 6.60. The van der Waals surface area contributed by atoms with Crippen LogP contribution in [-0.2, 0) is 15.8 Å². The van der Waals surface area contributed by atoms with E-state index in [1.165, 1.54) is 18.2 Å². The molecule has 1 fully saturated rings. The molecule has 4 nitrogen and oxygen atoms in total. The molecule has 0 spiro atoms. The highest BCUT2D eigenvalue weighted by molar-refractivity contribution is 6.00. The second-order valence-electron chi connectivity index (χ2n) is 6.06. The van der Waals surface area contributed by atoms with Gasteiger partial charge < -0.3 is 10.2 Å². The maximum absolute atomic E-state index is 13.1. The zero-order chi connectivity index (χ0) is 17.2. The summed E-state index contributed by atoms with van der Waals surface area (Å²) in [5.74, 6) is -1.12. The van der Waals surface area contributed by atoms with Gasteiger partial charge in [0.1, 0.15) is 0 Å². The Bertz CT molecular complexity index is 599. The van der Waals surface area contributed by atoms with Crippen molar-refractivity contribution in [3.63, 3.8) is 0 Å². The van der Waals surface area contributed by atoms with Gasteiger partial charge in [-0.25, -0.2) is 0 Å². The Kier molecular flexibility index (Phi) is 4.97. The molecule has 7 heteroatoms. The molecule has 1 heterocycles. The van der Waals surface area contributed by atoms with Gasteiger partial charge in [-0.05, 0) is 18.1 Å². The molecule has 1 aromatic carbocycles. The Hall–Kier alpha value is -2.05. The second-order valence-corrected chi connectivity index (χ2v) is 6.06. The largest absolute Gasteiger partial charge is 0.418 e. The van der Waals surface area contributed by atoms with Gasteiger partial charge in [-0.1, -0.05) is 26.0 Å². The third kappa shape index (κ3) is 4.03. The first-order valence-electron chi connectivity index (χ1n) is 7.44. The van der Waals surface area contributed by atoms with Gasteiger partial charge in [0.15, 0.2) is 0 Å². The number of carbonyl (C=O) groups excluding carboxylic acids is 2. The van der Waals surface area contributed by atoms with Gasteiger partial charge in [-0.2, -0.15) is 13.2 Å². The van der Waals surface area contributed by atoms with E-state index in [0.29, 0.717) is 6.54 Å². The Morgan fingerprint density at radius 2 is 2.00 bits per heavy atom. The van der Waals surface area contributed by atoms with Crippen molar-refractivity contribution in [3.05, 3.63) is 29.8 Å². The van der Waals surface area contributed by atoms with E-state index in [0.717, 1.165) is 11.0 Å². The van der Waals surface area contributed by atoms with Gasteiger partial charge >= 0.3 is 6.18 Å². The van der Waals surface area contributed by atoms with Gasteiger partial charge in [-0.3, -0.25) is 9.59 Å². The molecule has 126 valence electrons. The van der Waals surface area contributed by atoms with E-state index >= 15 is 0 Å². The molecule has 0 radical (unpaired) electrons. The highest BCUT2D eigenvalue weighted by atomic mass is 19.4. The summed E-state index contributed by atoms with van der Waals surface area (Å²) in [6.07, 6.45) is -4.62. The Morgan fingerprint density at radius 1 is 1.35 bits per heavy atom. The van der Waals surface area contributed by atoms with Crippen molar-refractivity contribution in [2.24, 2.45) is 11.8 Å². The van der Waals surface area contributed by atoms with Crippen LogP contribution >= 0.6 is 0 Å². The lowest BCUT2D eigenvalue weighted by Crippen LogP contribution is -2.35. The molecule has 0 saturated carbocycles. The third-order valence-electron chi connectivity index (χ3n) is 3.68. The van der Waals surface area contributed by atoms with E-state index in [4.69, 9.17) is 0 Å². The summed E-state index contributed by atoms with van der Waals surface area (Å²) >= 11 is 0. The summed E-state index contributed by atoms with van der Waals surface area (Å²) in [5.41, 5.74) is -1.05. The van der Waals surface area contributed by atoms with E-state index < -0.39 is 23.6 Å². The van der Waals surface area contributed by atoms with Gasteiger partial charge in [-0.15, -0.1) is 0 Å². The van der Waals surface area contributed by atoms with Crippen LogP contribution in [-0.4, -0.2) is 24.9 Å². The first-order chi connectivity index (χ1) is 10.7. The summed E-state index contributed by atoms with van der Waals surface area (Å²) in [7, 11) is 0. The fraction of sp³-hybridized carbons (Fsp3) is 0.500. The maximum atomic E-state index is 13.1. The molecule has 1 aliphatic rings. The molecule has 1 unspecified atom stereocenters. The summed E-state index contributed by atoms with van der Waals surface area (Å²) in [5, 5.41) is 2.72. The third-order valence-corrected chi connectivity index (χ3v) is 3.68. The van der Waals surface area contributed by atoms with E-state index in [-0.39, 0.29) is 30.5 Å². The van der Waals surface area contributed by atoms with Gasteiger partial charge in [0.2, 0.25) is 11.8 Å². The van der Waals surface area contributed by atoms with E-state index in [9.17, 15) is 22.8 Å². The average Bonchev–Trinajstić information content (AvgIpc) is 2.85. The molecular weight excluding hydrogens is 309 g/mol. The molecule has 2 rings (SSSR count). The molecule has 1 atom stereocenters. The molecule has 0 aliphatic carbocycles. The molecule has 2 amide bonds. The van der Waals surface area contributed by atoms with Crippen LogP contribution in [0.2, 0.25) is 0 Å². The van der Waals surface area contributed by atoms with Crippen molar-refractivity contribution in [2.75, 3.05) is 18.0 Å². The highest BCUT2D eigenvalue weighted by Crippen LogP contribution is 2.38. The lowest BCUT2D eigenvalue weighted by molar-refractivity contribution is -0.137. The monoisotopic (exact) mass is 328 g/mol. The molecule has 1 N–H and O–H groups in total. The van der Waals surface area contributed by atoms with Crippen LogP contribution in [0, 0.1) is 11.8 Å². The summed E-state index contributed by atoms with van der Waals surface area (Å²) in [6.45, 7) is 4.32. The Balaban J connectivity index is 2.17. The van der Waals surface area contributed by atoms with Crippen LogP contribution in [0.15, 0.2) is 24.3 Å². The quantitative estimate of drug-likeness (QED) is 0.924. The number of halogens is 3. The minimum atomic E-state index is -4.55. The first kappa shape index (κ1) is 17.3. The number of amides is 2. The standard InChI is InChI=1S/C16H19F3N2O2/c1-10(2)8-20-15(23)11-7-14(22)21(9-11)13-6-4-3-5-12(13)16(17,18)19/h3-6,10-11H,7-9H2,1-2H3,(H,20,23). The smallest absolute Gasteiger partial charge is 0.356 e. The lowest BCUT2D eigenvalue weighted by Gasteiger charge is -2.21. The summed E-state index contributed by atoms with van der Waals surface area (Å²) < 4.78 is 39.2. The Labute approximate surface area is 132 Å². The zero-order valence-corrected chi connectivity index (χ0v) is 13.0. The van der Waals surface area contributed by atoms with Gasteiger partial charge in [0.05, 0.1) is 17.2 Å². The molecular formula is C16H19F3N2O2. The van der Waals surface area contributed by atoms with E-state index in [1.807, 2.05) is 13.8 Å². The predicted octanol–water partition coefficient (Wildman–Crippen LogP) is 2.83. The van der Waals surface area contributed by atoms with Crippen LogP contribution in [0.3, 0.4) is 0 Å². The summed E-state index contributed by atoms with van der Waals surface area (Å²) in [4.78, 5) is 25.2. The normalized spacial score (nSPS) is 18.6. The van der Waals surface area contributed by atoms with Crippen molar-refractivity contribution < 1.29 is 22.8 Å². The number of carbonyl (C=O) groups is 2. The van der Waals surface area contributed by atoms with Crippen molar-refractivity contribution in [1.29, 1.82) is 0 Å². The molecule has 0 aromatic heterocycles. The number of nitrogens with zero attached hydrogens (tertiary/aromatic N) is 1. The minimum Gasteiger partial charge on any atom is -0.356 e. The number of hydrogen-bond acceptors (Lipinski definition) is 2. The summed E-state index contributed by atoms with van der Waals surface area (Å²) in [6, 6.07) is 4.92. The first-order valence-corrected chi connectivity index (χ1v) is 7.44. The van der Waals surface area contributed by atoms with Crippen LogP contribution in [0.5, 0.6) is 0 Å². The minimum absolute atomic E-state index is 0.0319. The molecule has 1 aliphatic heterocycles. The van der Waals surface area contributed by atoms with Crippen molar-refractivity contribution in [1.82, 2.24) is 5.32 Å². The van der Waals surface area contributed by atoms with E-state index in [1.54, 1.807) is 0 Å². The van der Waals surface area contributed by atoms with E-state index in [2.05, 4.69) is 5.32 Å². The number of benzene rings is 1.